The van der Waals surface area contributed by atoms with Gasteiger partial charge in [0.1, 0.15) is 6.04 Å². The van der Waals surface area contributed by atoms with Crippen LogP contribution in [0.25, 0.3) is 0 Å². The number of aliphatic carboxylic acids is 1. The van der Waals surface area contributed by atoms with Gasteiger partial charge in [0.05, 0.1) is 0 Å². The molecule has 0 aromatic carbocycles. The Morgan fingerprint density at radius 3 is 2.00 bits per heavy atom. The maximum atomic E-state index is 12.4. The van der Waals surface area contributed by atoms with Crippen LogP contribution in [0, 0.1) is 5.92 Å². The summed E-state index contributed by atoms with van der Waals surface area (Å²) in [7, 11) is 0. The first kappa shape index (κ1) is 16.1. The molecule has 1 amide bonds. The van der Waals surface area contributed by atoms with Crippen molar-refractivity contribution < 1.29 is 27.9 Å². The van der Waals surface area contributed by atoms with Crippen molar-refractivity contribution in [3.63, 3.8) is 0 Å². The van der Waals surface area contributed by atoms with Gasteiger partial charge in [0.2, 0.25) is 0 Å². The zero-order chi connectivity index (χ0) is 15.6. The largest absolute Gasteiger partial charge is 0.480 e. The number of carboxylic acid groups (broad SMARTS) is 1. The summed E-state index contributed by atoms with van der Waals surface area (Å²) in [6, 6.07) is -0.643. The number of amides is 1. The average Bonchev–Trinajstić information content (AvgIpc) is 2.91. The molecular formula is C13H19F3N2O3. The number of alkyl halides is 3. The van der Waals surface area contributed by atoms with E-state index in [1.165, 1.54) is 0 Å². The van der Waals surface area contributed by atoms with Gasteiger partial charge in [-0.25, -0.2) is 0 Å². The van der Waals surface area contributed by atoms with Gasteiger partial charge >= 0.3 is 18.1 Å². The van der Waals surface area contributed by atoms with Crippen molar-refractivity contribution in [2.45, 2.75) is 37.9 Å². The second-order valence-electron chi connectivity index (χ2n) is 5.65. The molecule has 1 atom stereocenters. The molecule has 2 aliphatic rings. The van der Waals surface area contributed by atoms with Gasteiger partial charge in [-0.05, 0) is 18.8 Å². The summed E-state index contributed by atoms with van der Waals surface area (Å²) in [5.74, 6) is -2.69. The van der Waals surface area contributed by atoms with E-state index in [4.69, 9.17) is 0 Å². The molecular weight excluding hydrogens is 289 g/mol. The summed E-state index contributed by atoms with van der Waals surface area (Å²) in [4.78, 5) is 25.1. The molecule has 0 aromatic heterocycles. The number of nitrogens with zero attached hydrogens (tertiary/aromatic N) is 2. The van der Waals surface area contributed by atoms with Gasteiger partial charge in [0.25, 0.3) is 0 Å². The Labute approximate surface area is 120 Å². The normalized spacial score (nSPS) is 23.3. The van der Waals surface area contributed by atoms with Gasteiger partial charge in [-0.1, -0.05) is 12.8 Å². The number of rotatable bonds is 3. The predicted molar refractivity (Wildman–Crippen MR) is 67.6 cm³/mol. The third-order valence-electron chi connectivity index (χ3n) is 4.34. The first-order chi connectivity index (χ1) is 9.80. The fraction of sp³-hybridized carbons (Fsp3) is 0.846. The van der Waals surface area contributed by atoms with E-state index in [0.29, 0.717) is 0 Å². The summed E-state index contributed by atoms with van der Waals surface area (Å²) in [6.07, 6.45) is -1.17. The molecule has 1 aliphatic carbocycles. The Kier molecular flexibility index (Phi) is 4.75. The van der Waals surface area contributed by atoms with E-state index in [1.807, 2.05) is 0 Å². The lowest BCUT2D eigenvalue weighted by molar-refractivity contribution is -0.187. The SMILES string of the molecule is O=C(O)C(C1CCCC1)N1CCN(C(=O)C(F)(F)F)CC1. The molecule has 0 spiro atoms. The quantitative estimate of drug-likeness (QED) is 0.854. The lowest BCUT2D eigenvalue weighted by Gasteiger charge is -2.39. The van der Waals surface area contributed by atoms with Crippen LogP contribution in [0.2, 0.25) is 0 Å². The smallest absolute Gasteiger partial charge is 0.471 e. The lowest BCUT2D eigenvalue weighted by Crippen LogP contribution is -2.57. The monoisotopic (exact) mass is 308 g/mol. The number of hydrogen-bond donors (Lipinski definition) is 1. The minimum absolute atomic E-state index is 0.0624. The molecule has 1 saturated heterocycles. The molecule has 8 heteroatoms. The number of carboxylic acids is 1. The molecule has 1 N–H and O–H groups in total. The summed E-state index contributed by atoms with van der Waals surface area (Å²) in [5, 5.41) is 9.39. The molecule has 1 heterocycles. The molecule has 1 unspecified atom stereocenters. The Bertz CT molecular complexity index is 400. The highest BCUT2D eigenvalue weighted by Gasteiger charge is 2.44. The van der Waals surface area contributed by atoms with Gasteiger partial charge in [-0.15, -0.1) is 0 Å². The highest BCUT2D eigenvalue weighted by atomic mass is 19.4. The fourth-order valence-electron chi connectivity index (χ4n) is 3.31. The highest BCUT2D eigenvalue weighted by molar-refractivity contribution is 5.82. The van der Waals surface area contributed by atoms with E-state index in [9.17, 15) is 27.9 Å². The van der Waals surface area contributed by atoms with E-state index in [-0.39, 0.29) is 32.1 Å². The summed E-state index contributed by atoms with van der Waals surface area (Å²) in [6.45, 7) is 0.203. The van der Waals surface area contributed by atoms with Crippen molar-refractivity contribution >= 4 is 11.9 Å². The molecule has 1 aliphatic heterocycles. The van der Waals surface area contributed by atoms with Crippen LogP contribution < -0.4 is 0 Å². The van der Waals surface area contributed by atoms with Crippen LogP contribution >= 0.6 is 0 Å². The van der Waals surface area contributed by atoms with Crippen molar-refractivity contribution in [2.24, 2.45) is 5.92 Å². The molecule has 120 valence electrons. The maximum absolute atomic E-state index is 12.4. The zero-order valence-corrected chi connectivity index (χ0v) is 11.6. The fourth-order valence-corrected chi connectivity index (χ4v) is 3.31. The van der Waals surface area contributed by atoms with Crippen LogP contribution in [0.4, 0.5) is 13.2 Å². The minimum Gasteiger partial charge on any atom is -0.480 e. The van der Waals surface area contributed by atoms with Gasteiger partial charge in [0, 0.05) is 26.2 Å². The van der Waals surface area contributed by atoms with Crippen molar-refractivity contribution in [1.29, 1.82) is 0 Å². The van der Waals surface area contributed by atoms with E-state index < -0.39 is 24.1 Å². The van der Waals surface area contributed by atoms with Crippen molar-refractivity contribution in [2.75, 3.05) is 26.2 Å². The molecule has 5 nitrogen and oxygen atoms in total. The molecule has 2 rings (SSSR count). The number of hydrogen-bond acceptors (Lipinski definition) is 3. The topological polar surface area (TPSA) is 60.9 Å². The van der Waals surface area contributed by atoms with E-state index in [2.05, 4.69) is 0 Å². The van der Waals surface area contributed by atoms with Crippen LogP contribution in [0.15, 0.2) is 0 Å². The van der Waals surface area contributed by atoms with E-state index >= 15 is 0 Å². The second-order valence-corrected chi connectivity index (χ2v) is 5.65. The zero-order valence-electron chi connectivity index (χ0n) is 11.6. The van der Waals surface area contributed by atoms with Crippen molar-refractivity contribution in [1.82, 2.24) is 9.80 Å². The standard InChI is InChI=1S/C13H19F3N2O3/c14-13(15,16)12(21)18-7-5-17(6-8-18)10(11(19)20)9-3-1-2-4-9/h9-10H,1-8H2,(H,19,20). The van der Waals surface area contributed by atoms with Crippen molar-refractivity contribution in [3.8, 4) is 0 Å². The van der Waals surface area contributed by atoms with Crippen LogP contribution in [0.1, 0.15) is 25.7 Å². The summed E-state index contributed by atoms with van der Waals surface area (Å²) < 4.78 is 37.1. The molecule has 0 aromatic rings. The number of halogens is 3. The predicted octanol–water partition coefficient (Wildman–Crippen LogP) is 1.34. The Hall–Kier alpha value is -1.31. The third kappa shape index (κ3) is 3.66. The van der Waals surface area contributed by atoms with Crippen molar-refractivity contribution in [3.05, 3.63) is 0 Å². The van der Waals surface area contributed by atoms with E-state index in [1.54, 1.807) is 4.90 Å². The maximum Gasteiger partial charge on any atom is 0.471 e. The molecule has 0 radical (unpaired) electrons. The average molecular weight is 308 g/mol. The molecule has 0 bridgehead atoms. The first-order valence-corrected chi connectivity index (χ1v) is 7.13. The van der Waals surface area contributed by atoms with Gasteiger partial charge < -0.3 is 10.0 Å². The number of carbonyl (C=O) groups excluding carboxylic acids is 1. The van der Waals surface area contributed by atoms with Gasteiger partial charge in [-0.2, -0.15) is 13.2 Å². The van der Waals surface area contributed by atoms with Crippen LogP contribution in [0.5, 0.6) is 0 Å². The van der Waals surface area contributed by atoms with Crippen LogP contribution in [-0.4, -0.2) is 65.2 Å². The summed E-state index contributed by atoms with van der Waals surface area (Å²) in [5.41, 5.74) is 0. The molecule has 1 saturated carbocycles. The lowest BCUT2D eigenvalue weighted by atomic mass is 9.96. The van der Waals surface area contributed by atoms with E-state index in [0.717, 1.165) is 30.6 Å². The Balaban J connectivity index is 1.95. The van der Waals surface area contributed by atoms with Crippen LogP contribution in [-0.2, 0) is 9.59 Å². The Morgan fingerprint density at radius 1 is 1.05 bits per heavy atom. The minimum atomic E-state index is -4.86. The second kappa shape index (κ2) is 6.21. The molecule has 2 fully saturated rings. The first-order valence-electron chi connectivity index (χ1n) is 7.13. The number of carbonyl (C=O) groups is 2. The van der Waals surface area contributed by atoms with Gasteiger partial charge in [-0.3, -0.25) is 14.5 Å². The van der Waals surface area contributed by atoms with Gasteiger partial charge in [0.15, 0.2) is 0 Å². The summed E-state index contributed by atoms with van der Waals surface area (Å²) >= 11 is 0. The molecule has 21 heavy (non-hydrogen) atoms. The Morgan fingerprint density at radius 2 is 1.57 bits per heavy atom. The highest BCUT2D eigenvalue weighted by Crippen LogP contribution is 2.31. The third-order valence-corrected chi connectivity index (χ3v) is 4.34. The number of piperazine rings is 1. The van der Waals surface area contributed by atoms with Crippen LogP contribution in [0.3, 0.4) is 0 Å².